The van der Waals surface area contributed by atoms with Crippen LogP contribution in [0.5, 0.6) is 0 Å². The largest absolute Gasteiger partial charge is 0.399 e. The van der Waals surface area contributed by atoms with Gasteiger partial charge in [-0.2, -0.15) is 0 Å². The van der Waals surface area contributed by atoms with Crippen LogP contribution in [-0.2, 0) is 0 Å². The Hall–Kier alpha value is -2.08. The molecule has 2 N–H and O–H groups in total. The molecule has 0 aliphatic heterocycles. The predicted molar refractivity (Wildman–Crippen MR) is 75.0 cm³/mol. The molecule has 0 fully saturated rings. The summed E-state index contributed by atoms with van der Waals surface area (Å²) in [6.07, 6.45) is 4.87. The number of aromatic nitrogens is 2. The number of hydrogen-bond donors (Lipinski definition) is 1. The number of hydrogen-bond acceptors (Lipinski definition) is 5. The van der Waals surface area contributed by atoms with Gasteiger partial charge >= 0.3 is 0 Å². The van der Waals surface area contributed by atoms with Gasteiger partial charge < -0.3 is 10.6 Å². The van der Waals surface area contributed by atoms with Gasteiger partial charge in [0.1, 0.15) is 5.03 Å². The van der Waals surface area contributed by atoms with E-state index in [-0.39, 0.29) is 5.91 Å². The zero-order valence-corrected chi connectivity index (χ0v) is 11.5. The molecule has 0 spiro atoms. The lowest BCUT2D eigenvalue weighted by molar-refractivity contribution is 0.0824. The maximum absolute atomic E-state index is 12.1. The molecule has 2 rings (SSSR count). The van der Waals surface area contributed by atoms with Gasteiger partial charge in [-0.05, 0) is 18.2 Å². The lowest BCUT2D eigenvalue weighted by atomic mass is 10.2. The number of nitrogens with zero attached hydrogens (tertiary/aromatic N) is 3. The third-order valence-corrected chi connectivity index (χ3v) is 3.37. The van der Waals surface area contributed by atoms with E-state index in [9.17, 15) is 4.79 Å². The molecule has 1 amide bonds. The fourth-order valence-corrected chi connectivity index (χ4v) is 2.40. The minimum absolute atomic E-state index is 0.0635. The summed E-state index contributed by atoms with van der Waals surface area (Å²) >= 11 is 1.37. The van der Waals surface area contributed by atoms with Gasteiger partial charge in [0.15, 0.2) is 0 Å². The fraction of sp³-hybridized carbons (Fsp3) is 0.154. The number of benzene rings is 1. The van der Waals surface area contributed by atoms with Crippen molar-refractivity contribution in [3.05, 3.63) is 42.4 Å². The normalized spacial score (nSPS) is 10.2. The lowest BCUT2D eigenvalue weighted by Gasteiger charge is -2.14. The first-order valence-corrected chi connectivity index (χ1v) is 6.44. The molecule has 0 aliphatic carbocycles. The Bertz CT molecular complexity index is 586. The highest BCUT2D eigenvalue weighted by molar-refractivity contribution is 7.99. The first-order chi connectivity index (χ1) is 9.08. The van der Waals surface area contributed by atoms with Crippen molar-refractivity contribution in [3.63, 3.8) is 0 Å². The van der Waals surface area contributed by atoms with Gasteiger partial charge in [-0.3, -0.25) is 9.78 Å². The molecule has 2 aromatic rings. The van der Waals surface area contributed by atoms with Crippen LogP contribution >= 0.6 is 11.8 Å². The minimum atomic E-state index is -0.0635. The predicted octanol–water partition coefficient (Wildman–Crippen LogP) is 1.91. The molecule has 0 radical (unpaired) electrons. The Morgan fingerprint density at radius 2 is 2.11 bits per heavy atom. The first kappa shape index (κ1) is 13.4. The van der Waals surface area contributed by atoms with Crippen molar-refractivity contribution in [1.29, 1.82) is 0 Å². The maximum atomic E-state index is 12.1. The maximum Gasteiger partial charge on any atom is 0.254 e. The van der Waals surface area contributed by atoms with E-state index in [1.54, 1.807) is 50.9 Å². The Morgan fingerprint density at radius 3 is 2.74 bits per heavy atom. The summed E-state index contributed by atoms with van der Waals surface area (Å²) in [7, 11) is 3.44. The molecule has 1 aromatic heterocycles. The molecule has 0 bridgehead atoms. The van der Waals surface area contributed by atoms with Crippen molar-refractivity contribution in [3.8, 4) is 0 Å². The van der Waals surface area contributed by atoms with Crippen LogP contribution in [-0.4, -0.2) is 34.9 Å². The van der Waals surface area contributed by atoms with Gasteiger partial charge in [0.05, 0.1) is 11.8 Å². The Morgan fingerprint density at radius 1 is 1.32 bits per heavy atom. The van der Waals surface area contributed by atoms with Crippen LogP contribution in [0.3, 0.4) is 0 Å². The fourth-order valence-electron chi connectivity index (χ4n) is 1.49. The van der Waals surface area contributed by atoms with Gasteiger partial charge in [0, 0.05) is 37.1 Å². The van der Waals surface area contributed by atoms with Gasteiger partial charge in [-0.25, -0.2) is 4.98 Å². The third kappa shape index (κ3) is 3.23. The summed E-state index contributed by atoms with van der Waals surface area (Å²) in [5, 5.41) is 0.723. The van der Waals surface area contributed by atoms with Crippen molar-refractivity contribution in [2.45, 2.75) is 9.92 Å². The number of amides is 1. The van der Waals surface area contributed by atoms with E-state index in [4.69, 9.17) is 5.73 Å². The smallest absolute Gasteiger partial charge is 0.254 e. The lowest BCUT2D eigenvalue weighted by Crippen LogP contribution is -2.22. The van der Waals surface area contributed by atoms with Crippen LogP contribution in [0.2, 0.25) is 0 Å². The van der Waals surface area contributed by atoms with Crippen molar-refractivity contribution < 1.29 is 4.79 Å². The molecule has 0 unspecified atom stereocenters. The van der Waals surface area contributed by atoms with E-state index in [0.29, 0.717) is 11.3 Å². The van der Waals surface area contributed by atoms with Gasteiger partial charge in [0.2, 0.25) is 0 Å². The first-order valence-electron chi connectivity index (χ1n) is 5.63. The van der Waals surface area contributed by atoms with E-state index < -0.39 is 0 Å². The number of rotatable bonds is 3. The SMILES string of the molecule is CN(C)C(=O)c1ccc(N)cc1Sc1cnccn1. The second kappa shape index (κ2) is 5.71. The zero-order chi connectivity index (χ0) is 13.8. The summed E-state index contributed by atoms with van der Waals surface area (Å²) in [6, 6.07) is 5.23. The van der Waals surface area contributed by atoms with Crippen molar-refractivity contribution in [2.75, 3.05) is 19.8 Å². The van der Waals surface area contributed by atoms with Crippen LogP contribution in [0.1, 0.15) is 10.4 Å². The summed E-state index contributed by atoms with van der Waals surface area (Å²) in [4.78, 5) is 22.6. The van der Waals surface area contributed by atoms with Crippen molar-refractivity contribution in [1.82, 2.24) is 14.9 Å². The topological polar surface area (TPSA) is 72.1 Å². The molecule has 1 aromatic carbocycles. The van der Waals surface area contributed by atoms with Crippen LogP contribution in [0.15, 0.2) is 46.7 Å². The summed E-state index contributed by atoms with van der Waals surface area (Å²) in [5.74, 6) is -0.0635. The van der Waals surface area contributed by atoms with E-state index in [1.807, 2.05) is 0 Å². The van der Waals surface area contributed by atoms with E-state index in [0.717, 1.165) is 9.92 Å². The number of carbonyl (C=O) groups excluding carboxylic acids is 1. The molecule has 0 atom stereocenters. The molecule has 6 heteroatoms. The molecule has 0 aliphatic rings. The molecule has 5 nitrogen and oxygen atoms in total. The number of nitrogens with two attached hydrogens (primary N) is 1. The zero-order valence-electron chi connectivity index (χ0n) is 10.7. The van der Waals surface area contributed by atoms with E-state index >= 15 is 0 Å². The Balaban J connectivity index is 2.38. The Labute approximate surface area is 115 Å². The van der Waals surface area contributed by atoms with Gasteiger partial charge in [0.25, 0.3) is 5.91 Å². The van der Waals surface area contributed by atoms with E-state index in [2.05, 4.69) is 9.97 Å². The minimum Gasteiger partial charge on any atom is -0.399 e. The highest BCUT2D eigenvalue weighted by Crippen LogP contribution is 2.30. The molecule has 19 heavy (non-hydrogen) atoms. The molecule has 0 saturated heterocycles. The summed E-state index contributed by atoms with van der Waals surface area (Å²) < 4.78 is 0. The molecular formula is C13H14N4OS. The van der Waals surface area contributed by atoms with Gasteiger partial charge in [-0.15, -0.1) is 0 Å². The standard InChI is InChI=1S/C13H14N4OS/c1-17(2)13(18)10-4-3-9(14)7-11(10)19-12-8-15-5-6-16-12/h3-8H,14H2,1-2H3. The number of nitrogen functional groups attached to an aromatic ring is 1. The number of anilines is 1. The summed E-state index contributed by atoms with van der Waals surface area (Å²) in [5.41, 5.74) is 7.00. The van der Waals surface area contributed by atoms with Crippen molar-refractivity contribution >= 4 is 23.4 Å². The monoisotopic (exact) mass is 274 g/mol. The van der Waals surface area contributed by atoms with Crippen LogP contribution in [0, 0.1) is 0 Å². The van der Waals surface area contributed by atoms with E-state index in [1.165, 1.54) is 16.7 Å². The average Bonchev–Trinajstić information content (AvgIpc) is 2.39. The molecule has 0 saturated carbocycles. The van der Waals surface area contributed by atoms with Gasteiger partial charge in [-0.1, -0.05) is 11.8 Å². The average molecular weight is 274 g/mol. The highest BCUT2D eigenvalue weighted by atomic mass is 32.2. The second-order valence-corrected chi connectivity index (χ2v) is 5.16. The molecule has 98 valence electrons. The van der Waals surface area contributed by atoms with Crippen LogP contribution in [0.25, 0.3) is 0 Å². The third-order valence-electron chi connectivity index (χ3n) is 2.40. The molecular weight excluding hydrogens is 260 g/mol. The number of carbonyl (C=O) groups is 1. The Kier molecular flexibility index (Phi) is 4.01. The molecule has 1 heterocycles. The van der Waals surface area contributed by atoms with Crippen LogP contribution in [0.4, 0.5) is 5.69 Å². The second-order valence-electron chi connectivity index (χ2n) is 4.10. The summed E-state index contributed by atoms with van der Waals surface area (Å²) in [6.45, 7) is 0. The highest BCUT2D eigenvalue weighted by Gasteiger charge is 2.15. The quantitative estimate of drug-likeness (QED) is 0.866. The van der Waals surface area contributed by atoms with Crippen molar-refractivity contribution in [2.24, 2.45) is 0 Å². The van der Waals surface area contributed by atoms with Crippen LogP contribution < -0.4 is 5.73 Å².